The number of amides is 1. The number of rotatable bonds is 4. The molecule has 1 heterocycles. The van der Waals surface area contributed by atoms with Crippen LogP contribution in [0.15, 0.2) is 57.7 Å². The van der Waals surface area contributed by atoms with E-state index >= 15 is 0 Å². The fourth-order valence-electron chi connectivity index (χ4n) is 2.98. The van der Waals surface area contributed by atoms with Crippen LogP contribution in [0, 0.1) is 6.92 Å². The van der Waals surface area contributed by atoms with Gasteiger partial charge in [-0.1, -0.05) is 39.0 Å². The molecule has 3 rings (SSSR count). The van der Waals surface area contributed by atoms with Gasteiger partial charge in [-0.3, -0.25) is 4.79 Å². The van der Waals surface area contributed by atoms with Crippen molar-refractivity contribution in [3.63, 3.8) is 0 Å². The van der Waals surface area contributed by atoms with E-state index in [1.54, 1.807) is 12.1 Å². The highest BCUT2D eigenvalue weighted by Crippen LogP contribution is 2.29. The molecule has 0 radical (unpaired) electrons. The van der Waals surface area contributed by atoms with Crippen molar-refractivity contribution in [2.75, 3.05) is 11.9 Å². The Morgan fingerprint density at radius 1 is 1.11 bits per heavy atom. The second kappa shape index (κ2) is 7.27. The van der Waals surface area contributed by atoms with Crippen LogP contribution in [-0.4, -0.2) is 12.5 Å². The van der Waals surface area contributed by atoms with E-state index in [4.69, 9.17) is 9.15 Å². The number of fused-ring (bicyclic) bond motifs is 1. The van der Waals surface area contributed by atoms with Gasteiger partial charge in [-0.25, -0.2) is 4.79 Å². The molecule has 0 aliphatic heterocycles. The van der Waals surface area contributed by atoms with Gasteiger partial charge in [-0.05, 0) is 41.7 Å². The van der Waals surface area contributed by atoms with Gasteiger partial charge in [0.05, 0.1) is 0 Å². The monoisotopic (exact) mass is 365 g/mol. The van der Waals surface area contributed by atoms with Crippen molar-refractivity contribution in [1.82, 2.24) is 0 Å². The predicted octanol–water partition coefficient (Wildman–Crippen LogP) is 4.42. The van der Waals surface area contributed by atoms with E-state index < -0.39 is 5.63 Å². The van der Waals surface area contributed by atoms with Crippen molar-refractivity contribution in [2.24, 2.45) is 0 Å². The third kappa shape index (κ3) is 4.37. The average molecular weight is 365 g/mol. The Morgan fingerprint density at radius 2 is 1.85 bits per heavy atom. The number of ether oxygens (including phenoxy) is 1. The summed E-state index contributed by atoms with van der Waals surface area (Å²) in [6, 6.07) is 14.4. The van der Waals surface area contributed by atoms with Gasteiger partial charge in [0.15, 0.2) is 6.61 Å². The van der Waals surface area contributed by atoms with E-state index in [0.717, 1.165) is 22.2 Å². The minimum atomic E-state index is -0.409. The lowest BCUT2D eigenvalue weighted by Crippen LogP contribution is -2.23. The van der Waals surface area contributed by atoms with Crippen molar-refractivity contribution < 1.29 is 13.9 Å². The van der Waals surface area contributed by atoms with Crippen LogP contribution in [0.4, 0.5) is 5.69 Å². The number of nitrogens with one attached hydrogen (secondary N) is 1. The van der Waals surface area contributed by atoms with Gasteiger partial charge in [0, 0.05) is 23.2 Å². The zero-order valence-corrected chi connectivity index (χ0v) is 16.0. The highest BCUT2D eigenvalue weighted by Gasteiger charge is 2.18. The molecule has 0 saturated heterocycles. The van der Waals surface area contributed by atoms with Crippen LogP contribution in [0.5, 0.6) is 5.75 Å². The smallest absolute Gasteiger partial charge is 0.336 e. The number of hydrogen-bond donors (Lipinski definition) is 1. The highest BCUT2D eigenvalue weighted by molar-refractivity contribution is 5.93. The molecule has 5 nitrogen and oxygen atoms in total. The van der Waals surface area contributed by atoms with E-state index in [9.17, 15) is 9.59 Å². The molecule has 0 unspecified atom stereocenters. The van der Waals surface area contributed by atoms with Crippen LogP contribution < -0.4 is 15.7 Å². The number of para-hydroxylation sites is 1. The number of hydrogen-bond acceptors (Lipinski definition) is 4. The number of anilines is 1. The third-order valence-electron chi connectivity index (χ3n) is 4.30. The Bertz CT molecular complexity index is 1040. The normalized spacial score (nSPS) is 11.4. The van der Waals surface area contributed by atoms with Crippen molar-refractivity contribution in [3.05, 3.63) is 70.1 Å². The Hall–Kier alpha value is -3.08. The molecule has 1 aromatic heterocycles. The Morgan fingerprint density at radius 3 is 2.59 bits per heavy atom. The second-order valence-electron chi connectivity index (χ2n) is 7.54. The van der Waals surface area contributed by atoms with E-state index in [2.05, 4.69) is 26.1 Å². The molecular formula is C22H23NO4. The van der Waals surface area contributed by atoms with Crippen LogP contribution in [0.2, 0.25) is 0 Å². The second-order valence-corrected chi connectivity index (χ2v) is 7.54. The summed E-state index contributed by atoms with van der Waals surface area (Å²) in [5.41, 5.74) is 2.62. The zero-order chi connectivity index (χ0) is 19.6. The van der Waals surface area contributed by atoms with Gasteiger partial charge >= 0.3 is 5.63 Å². The molecule has 0 bridgehead atoms. The average Bonchev–Trinajstić information content (AvgIpc) is 2.59. The molecule has 0 saturated carbocycles. The molecule has 3 aromatic rings. The molecule has 0 atom stereocenters. The van der Waals surface area contributed by atoms with Crippen LogP contribution in [0.1, 0.15) is 31.9 Å². The predicted molar refractivity (Wildman–Crippen MR) is 106 cm³/mol. The van der Waals surface area contributed by atoms with Crippen molar-refractivity contribution in [2.45, 2.75) is 33.1 Å². The highest BCUT2D eigenvalue weighted by atomic mass is 16.5. The molecule has 5 heteroatoms. The maximum absolute atomic E-state index is 12.3. The Labute approximate surface area is 158 Å². The first-order valence-corrected chi connectivity index (χ1v) is 8.81. The molecule has 0 aliphatic rings. The molecule has 2 aromatic carbocycles. The lowest BCUT2D eigenvalue weighted by Gasteiger charge is -2.23. The summed E-state index contributed by atoms with van der Waals surface area (Å²) >= 11 is 0. The quantitative estimate of drug-likeness (QED) is 0.695. The molecular weight excluding hydrogens is 342 g/mol. The van der Waals surface area contributed by atoms with E-state index in [-0.39, 0.29) is 17.9 Å². The van der Waals surface area contributed by atoms with Gasteiger partial charge < -0.3 is 14.5 Å². The first-order chi connectivity index (χ1) is 12.7. The Balaban J connectivity index is 1.72. The minimum Gasteiger partial charge on any atom is -0.484 e. The summed E-state index contributed by atoms with van der Waals surface area (Å²) in [6.07, 6.45) is 0. The molecule has 0 spiro atoms. The van der Waals surface area contributed by atoms with Crippen molar-refractivity contribution in [1.29, 1.82) is 0 Å². The first-order valence-electron chi connectivity index (χ1n) is 8.81. The number of benzene rings is 2. The van der Waals surface area contributed by atoms with Crippen LogP contribution in [0.25, 0.3) is 11.0 Å². The minimum absolute atomic E-state index is 0.0848. The largest absolute Gasteiger partial charge is 0.484 e. The van der Waals surface area contributed by atoms with Crippen molar-refractivity contribution >= 4 is 22.6 Å². The lowest BCUT2D eigenvalue weighted by molar-refractivity contribution is -0.118. The van der Waals surface area contributed by atoms with Crippen molar-refractivity contribution in [3.8, 4) is 5.75 Å². The summed E-state index contributed by atoms with van der Waals surface area (Å²) < 4.78 is 10.8. The van der Waals surface area contributed by atoms with Gasteiger partial charge in [-0.15, -0.1) is 0 Å². The fourth-order valence-corrected chi connectivity index (χ4v) is 2.98. The van der Waals surface area contributed by atoms with Gasteiger partial charge in [-0.2, -0.15) is 0 Å². The summed E-state index contributed by atoms with van der Waals surface area (Å²) in [5, 5.41) is 3.74. The SMILES string of the molecule is Cc1cc(=O)oc2cc(OCC(=O)Nc3ccccc3C(C)(C)C)ccc12. The molecule has 1 amide bonds. The van der Waals surface area contributed by atoms with Crippen LogP contribution >= 0.6 is 0 Å². The molecule has 1 N–H and O–H groups in total. The molecule has 0 aliphatic carbocycles. The molecule has 0 fully saturated rings. The zero-order valence-electron chi connectivity index (χ0n) is 16.0. The number of carbonyl (C=O) groups excluding carboxylic acids is 1. The Kier molecular flexibility index (Phi) is 5.04. The summed E-state index contributed by atoms with van der Waals surface area (Å²) in [6.45, 7) is 8.00. The number of aryl methyl sites for hydroxylation is 1. The topological polar surface area (TPSA) is 68.5 Å². The van der Waals surface area contributed by atoms with Gasteiger partial charge in [0.2, 0.25) is 0 Å². The maximum Gasteiger partial charge on any atom is 0.336 e. The van der Waals surface area contributed by atoms with Gasteiger partial charge in [0.1, 0.15) is 11.3 Å². The van der Waals surface area contributed by atoms with Gasteiger partial charge in [0.25, 0.3) is 5.91 Å². The van der Waals surface area contributed by atoms with Crippen LogP contribution in [0.3, 0.4) is 0 Å². The first kappa shape index (κ1) is 18.7. The van der Waals surface area contributed by atoms with E-state index in [1.807, 2.05) is 37.3 Å². The molecule has 140 valence electrons. The maximum atomic E-state index is 12.3. The fraction of sp³-hybridized carbons (Fsp3) is 0.273. The van der Waals surface area contributed by atoms with Crippen LogP contribution in [-0.2, 0) is 10.2 Å². The summed E-state index contributed by atoms with van der Waals surface area (Å²) in [4.78, 5) is 23.9. The third-order valence-corrected chi connectivity index (χ3v) is 4.30. The lowest BCUT2D eigenvalue weighted by atomic mass is 9.86. The van der Waals surface area contributed by atoms with E-state index in [1.165, 1.54) is 6.07 Å². The molecule has 27 heavy (non-hydrogen) atoms. The number of carbonyl (C=O) groups is 1. The van der Waals surface area contributed by atoms with E-state index in [0.29, 0.717) is 11.3 Å². The summed E-state index contributed by atoms with van der Waals surface area (Å²) in [7, 11) is 0. The standard InChI is InChI=1S/C22H23NO4/c1-14-11-21(25)27-19-12-15(9-10-16(14)19)26-13-20(24)23-18-8-6-5-7-17(18)22(2,3)4/h5-12H,13H2,1-4H3,(H,23,24). The summed E-state index contributed by atoms with van der Waals surface area (Å²) in [5.74, 6) is 0.216.